The zero-order valence-electron chi connectivity index (χ0n) is 20.5. The van der Waals surface area contributed by atoms with Crippen molar-refractivity contribution in [1.29, 1.82) is 0 Å². The summed E-state index contributed by atoms with van der Waals surface area (Å²) in [5, 5.41) is 0. The van der Waals surface area contributed by atoms with Gasteiger partial charge in [-0.05, 0) is 49.4 Å². The first-order valence-electron chi connectivity index (χ1n) is 12.9. The van der Waals surface area contributed by atoms with Gasteiger partial charge in [0.05, 0.1) is 19.0 Å². The van der Waals surface area contributed by atoms with E-state index in [1.165, 1.54) is 44.1 Å². The monoisotopic (exact) mass is 456 g/mol. The average molecular weight is 457 g/mol. The lowest BCUT2D eigenvalue weighted by atomic mass is 10.0. The third kappa shape index (κ3) is 4.67. The van der Waals surface area contributed by atoms with E-state index < -0.39 is 0 Å². The predicted octanol–water partition coefficient (Wildman–Crippen LogP) is 5.80. The minimum absolute atomic E-state index is 0.0971. The fraction of sp³-hybridized carbons (Fsp3) is 0.448. The molecule has 0 amide bonds. The first-order chi connectivity index (χ1) is 16.6. The second-order valence-electron chi connectivity index (χ2n) is 9.84. The van der Waals surface area contributed by atoms with Crippen molar-refractivity contribution in [3.8, 4) is 0 Å². The molecule has 34 heavy (non-hydrogen) atoms. The molecular formula is C29H36N4O. The van der Waals surface area contributed by atoms with Crippen molar-refractivity contribution in [2.75, 3.05) is 11.6 Å². The number of hydrogen-bond acceptors (Lipinski definition) is 4. The van der Waals surface area contributed by atoms with Gasteiger partial charge in [0.2, 0.25) is 5.95 Å². The van der Waals surface area contributed by atoms with Crippen molar-refractivity contribution in [3.05, 3.63) is 87.3 Å². The molecule has 0 N–H and O–H groups in total. The van der Waals surface area contributed by atoms with Gasteiger partial charge < -0.3 is 0 Å². The van der Waals surface area contributed by atoms with Crippen molar-refractivity contribution in [3.63, 3.8) is 0 Å². The Hall–Kier alpha value is -2.92. The van der Waals surface area contributed by atoms with E-state index in [2.05, 4.69) is 53.1 Å². The van der Waals surface area contributed by atoms with Gasteiger partial charge in [-0.2, -0.15) is 0 Å². The van der Waals surface area contributed by atoms with Crippen LogP contribution < -0.4 is 10.5 Å². The van der Waals surface area contributed by atoms with Crippen LogP contribution in [-0.2, 0) is 19.5 Å². The molecular weight excluding hydrogens is 420 g/mol. The highest BCUT2D eigenvalue weighted by molar-refractivity contribution is 5.59. The van der Waals surface area contributed by atoms with Crippen molar-refractivity contribution in [1.82, 2.24) is 14.5 Å². The number of hydrogen-bond donors (Lipinski definition) is 0. The average Bonchev–Trinajstić information content (AvgIpc) is 3.17. The molecule has 0 radical (unpaired) electrons. The van der Waals surface area contributed by atoms with Crippen LogP contribution in [0.1, 0.15) is 67.8 Å². The summed E-state index contributed by atoms with van der Waals surface area (Å²) >= 11 is 0. The zero-order valence-corrected chi connectivity index (χ0v) is 20.5. The Morgan fingerprint density at radius 1 is 0.882 bits per heavy atom. The van der Waals surface area contributed by atoms with E-state index in [0.717, 1.165) is 41.5 Å². The van der Waals surface area contributed by atoms with Gasteiger partial charge in [-0.3, -0.25) is 19.2 Å². The molecule has 5 nitrogen and oxygen atoms in total. The Kier molecular flexibility index (Phi) is 6.82. The molecule has 0 bridgehead atoms. The normalized spacial score (nSPS) is 17.4. The number of nitrogens with zero attached hydrogens (tertiary/aromatic N) is 4. The van der Waals surface area contributed by atoms with Gasteiger partial charge in [-0.25, -0.2) is 4.98 Å². The lowest BCUT2D eigenvalue weighted by molar-refractivity contribution is 0.123. The summed E-state index contributed by atoms with van der Waals surface area (Å²) in [4.78, 5) is 23.7. The van der Waals surface area contributed by atoms with Gasteiger partial charge in [0.15, 0.2) is 0 Å². The van der Waals surface area contributed by atoms with Crippen LogP contribution in [0.3, 0.4) is 0 Å². The van der Waals surface area contributed by atoms with E-state index >= 15 is 0 Å². The molecule has 2 heterocycles. The largest absolute Gasteiger partial charge is 0.298 e. The minimum atomic E-state index is 0.0971. The van der Waals surface area contributed by atoms with Gasteiger partial charge in [0.25, 0.3) is 5.56 Å². The molecule has 0 atom stereocenters. The smallest absolute Gasteiger partial charge is 0.259 e. The Morgan fingerprint density at radius 2 is 1.59 bits per heavy atom. The van der Waals surface area contributed by atoms with Crippen LogP contribution in [0, 0.1) is 6.92 Å². The topological polar surface area (TPSA) is 41.4 Å². The first-order valence-corrected chi connectivity index (χ1v) is 12.9. The lowest BCUT2D eigenvalue weighted by Crippen LogP contribution is -2.51. The van der Waals surface area contributed by atoms with E-state index in [9.17, 15) is 4.79 Å². The summed E-state index contributed by atoms with van der Waals surface area (Å²) in [6, 6.07) is 19.5. The molecule has 2 aliphatic rings. The quantitative estimate of drug-likeness (QED) is 0.455. The maximum absolute atomic E-state index is 13.9. The van der Waals surface area contributed by atoms with Gasteiger partial charge >= 0.3 is 0 Å². The van der Waals surface area contributed by atoms with Gasteiger partial charge in [-0.15, -0.1) is 0 Å². The molecule has 0 unspecified atom stereocenters. The third-order valence-electron chi connectivity index (χ3n) is 7.56. The van der Waals surface area contributed by atoms with Crippen molar-refractivity contribution < 1.29 is 0 Å². The van der Waals surface area contributed by atoms with E-state index in [1.807, 2.05) is 29.7 Å². The highest BCUT2D eigenvalue weighted by Crippen LogP contribution is 2.32. The Labute approximate surface area is 203 Å². The summed E-state index contributed by atoms with van der Waals surface area (Å²) in [6.45, 7) is 5.56. The van der Waals surface area contributed by atoms with Crippen LogP contribution in [0.15, 0.2) is 59.4 Å². The molecule has 0 saturated heterocycles. The molecule has 0 spiro atoms. The van der Waals surface area contributed by atoms with E-state index in [0.29, 0.717) is 19.1 Å². The number of rotatable bonds is 5. The second kappa shape index (κ2) is 10.1. The Morgan fingerprint density at radius 3 is 2.26 bits per heavy atom. The summed E-state index contributed by atoms with van der Waals surface area (Å²) in [6.07, 6.45) is 9.26. The summed E-state index contributed by atoms with van der Waals surface area (Å²) < 4.78 is 1.92. The van der Waals surface area contributed by atoms with Crippen LogP contribution in [0.4, 0.5) is 11.6 Å². The Bertz CT molecular complexity index is 1160. The maximum Gasteiger partial charge on any atom is 0.259 e. The van der Waals surface area contributed by atoms with Crippen LogP contribution in [0.2, 0.25) is 0 Å². The van der Waals surface area contributed by atoms with Crippen LogP contribution >= 0.6 is 0 Å². The minimum Gasteiger partial charge on any atom is -0.298 e. The highest BCUT2D eigenvalue weighted by Gasteiger charge is 2.31. The molecule has 1 fully saturated rings. The second-order valence-corrected chi connectivity index (χ2v) is 9.84. The van der Waals surface area contributed by atoms with Crippen LogP contribution in [0.5, 0.6) is 0 Å². The molecule has 178 valence electrons. The molecule has 3 aromatic rings. The maximum atomic E-state index is 13.9. The molecule has 1 saturated carbocycles. The fourth-order valence-electron chi connectivity index (χ4n) is 5.46. The third-order valence-corrected chi connectivity index (χ3v) is 7.56. The van der Waals surface area contributed by atoms with Crippen molar-refractivity contribution in [2.24, 2.45) is 0 Å². The summed E-state index contributed by atoms with van der Waals surface area (Å²) in [5.41, 5.74) is 5.30. The molecule has 5 rings (SSSR count). The van der Waals surface area contributed by atoms with Gasteiger partial charge in [-0.1, -0.05) is 75.1 Å². The van der Waals surface area contributed by atoms with E-state index in [1.54, 1.807) is 0 Å². The molecule has 2 aromatic carbocycles. The molecule has 1 aliphatic carbocycles. The zero-order chi connectivity index (χ0) is 23.5. The van der Waals surface area contributed by atoms with Crippen LogP contribution in [-0.4, -0.2) is 27.2 Å². The number of aromatic nitrogens is 2. The highest BCUT2D eigenvalue weighted by atomic mass is 16.1. The first kappa shape index (κ1) is 22.9. The number of aryl methyl sites for hydroxylation is 2. The lowest BCUT2D eigenvalue weighted by Gasteiger charge is -2.42. The van der Waals surface area contributed by atoms with E-state index in [4.69, 9.17) is 4.98 Å². The van der Waals surface area contributed by atoms with Crippen LogP contribution in [0.25, 0.3) is 0 Å². The number of benzene rings is 2. The van der Waals surface area contributed by atoms with Gasteiger partial charge in [0, 0.05) is 23.7 Å². The Balaban J connectivity index is 1.57. The standard InChI is InChI=1S/C29H36N4O/c1-3-23-15-17-26(18-16-23)32-20-31(25-13-9-4-5-10-14-25)21-33-28(34)27(22(2)30-29(32)33)19-24-11-7-6-8-12-24/h6-8,11-12,15-18,25H,3-5,9-10,13-14,19-21H2,1-2H3. The van der Waals surface area contributed by atoms with E-state index in [-0.39, 0.29) is 5.56 Å². The summed E-state index contributed by atoms with van der Waals surface area (Å²) in [5.74, 6) is 0.772. The number of anilines is 2. The SMILES string of the molecule is CCc1ccc(N2CN(C3CCCCCC3)Cn3c2nc(C)c(Cc2ccccc2)c3=O)cc1. The molecule has 5 heteroatoms. The number of fused-ring (bicyclic) bond motifs is 1. The van der Waals surface area contributed by atoms with Crippen molar-refractivity contribution in [2.45, 2.75) is 77.9 Å². The van der Waals surface area contributed by atoms with Gasteiger partial charge in [0.1, 0.15) is 0 Å². The predicted molar refractivity (Wildman–Crippen MR) is 139 cm³/mol. The summed E-state index contributed by atoms with van der Waals surface area (Å²) in [7, 11) is 0. The molecule has 1 aromatic heterocycles. The molecule has 1 aliphatic heterocycles. The van der Waals surface area contributed by atoms with Crippen molar-refractivity contribution >= 4 is 11.6 Å². The fourth-order valence-corrected chi connectivity index (χ4v) is 5.46.